The van der Waals surface area contributed by atoms with Crippen LogP contribution in [0.5, 0.6) is 0 Å². The molecule has 0 aliphatic rings. The number of rotatable bonds is 35. The van der Waals surface area contributed by atoms with Crippen LogP contribution >= 0.6 is 7.82 Å². The van der Waals surface area contributed by atoms with Crippen molar-refractivity contribution in [2.45, 2.75) is 148 Å². The average molecular weight is 759 g/mol. The summed E-state index contributed by atoms with van der Waals surface area (Å²) in [5.74, 6) is -0.929. The first kappa shape index (κ1) is 50.0. The minimum Gasteiger partial charge on any atom is -0.462 e. The Morgan fingerprint density at radius 3 is 1.51 bits per heavy atom. The molecule has 53 heavy (non-hydrogen) atoms. The van der Waals surface area contributed by atoms with Gasteiger partial charge in [-0.05, 0) is 83.5 Å². The van der Waals surface area contributed by atoms with Crippen LogP contribution in [-0.2, 0) is 32.7 Å². The van der Waals surface area contributed by atoms with Gasteiger partial charge in [0, 0.05) is 20.0 Å². The molecule has 0 aromatic carbocycles. The largest absolute Gasteiger partial charge is 0.472 e. The van der Waals surface area contributed by atoms with Crippen LogP contribution < -0.4 is 0 Å². The first-order chi connectivity index (χ1) is 25.8. The first-order valence-corrected chi connectivity index (χ1v) is 21.4. The number of phosphoric acid groups is 1. The molecule has 0 heterocycles. The summed E-state index contributed by atoms with van der Waals surface area (Å²) >= 11 is 0. The summed E-state index contributed by atoms with van der Waals surface area (Å²) in [6.07, 6.45) is 51.8. The molecule has 0 fully saturated rings. The number of ether oxygens (including phenoxy) is 2. The molecule has 0 radical (unpaired) electrons. The van der Waals surface area contributed by atoms with Crippen molar-refractivity contribution in [3.05, 3.63) is 97.2 Å². The normalized spacial score (nSPS) is 14.4. The Balaban J connectivity index is 4.23. The van der Waals surface area contributed by atoms with E-state index >= 15 is 0 Å². The highest BCUT2D eigenvalue weighted by molar-refractivity contribution is 7.47. The lowest BCUT2D eigenvalue weighted by atomic mass is 10.1. The van der Waals surface area contributed by atoms with Gasteiger partial charge in [0.15, 0.2) is 6.10 Å². The van der Waals surface area contributed by atoms with Crippen molar-refractivity contribution in [1.82, 2.24) is 0 Å². The molecular formula is C44H71O8P. The minimum absolute atomic E-state index is 0.111. The minimum atomic E-state index is -4.29. The molecule has 1 N–H and O–H groups in total. The highest BCUT2D eigenvalue weighted by atomic mass is 31.2. The lowest BCUT2D eigenvalue weighted by Gasteiger charge is -2.19. The third kappa shape index (κ3) is 38.5. The second kappa shape index (κ2) is 38.7. The first-order valence-electron chi connectivity index (χ1n) is 19.9. The number of hydrogen-bond acceptors (Lipinski definition) is 7. The van der Waals surface area contributed by atoms with E-state index in [0.29, 0.717) is 12.8 Å². The van der Waals surface area contributed by atoms with Crippen molar-refractivity contribution in [2.75, 3.05) is 20.3 Å². The Hall–Kier alpha value is -3.03. The zero-order chi connectivity index (χ0) is 38.9. The molecule has 0 aromatic heterocycles. The van der Waals surface area contributed by atoms with Gasteiger partial charge in [0.25, 0.3) is 0 Å². The molecule has 0 amide bonds. The number of phosphoric ester groups is 1. The predicted octanol–water partition coefficient (Wildman–Crippen LogP) is 12.5. The molecule has 0 aliphatic heterocycles. The van der Waals surface area contributed by atoms with E-state index in [2.05, 4.69) is 103 Å². The molecule has 0 spiro atoms. The Kier molecular flexibility index (Phi) is 36.5. The Morgan fingerprint density at radius 2 is 1.00 bits per heavy atom. The fourth-order valence-corrected chi connectivity index (χ4v) is 5.23. The SMILES string of the molecule is CC/C=C\C/C=C\C/C=C\C/C=C\C/C=C\C/C=C\CCC(=O)OC(COC(=O)CCCCCCC/C=C\C/C=C\CCCCC)COP(=O)(O)OC. The molecule has 2 unspecified atom stereocenters. The zero-order valence-electron chi connectivity index (χ0n) is 33.1. The summed E-state index contributed by atoms with van der Waals surface area (Å²) in [7, 11) is -3.25. The molecule has 0 aromatic rings. The number of carbonyl (C=O) groups is 2. The van der Waals surface area contributed by atoms with Crippen LogP contribution in [0.15, 0.2) is 97.2 Å². The van der Waals surface area contributed by atoms with Crippen LogP contribution in [0.25, 0.3) is 0 Å². The quantitative estimate of drug-likeness (QED) is 0.0294. The van der Waals surface area contributed by atoms with Gasteiger partial charge in [-0.2, -0.15) is 0 Å². The van der Waals surface area contributed by atoms with Gasteiger partial charge >= 0.3 is 19.8 Å². The summed E-state index contributed by atoms with van der Waals surface area (Å²) in [5.41, 5.74) is 0. The van der Waals surface area contributed by atoms with Gasteiger partial charge in [-0.25, -0.2) is 4.57 Å². The van der Waals surface area contributed by atoms with Crippen LogP contribution in [0.2, 0.25) is 0 Å². The molecule has 0 aliphatic carbocycles. The van der Waals surface area contributed by atoms with Gasteiger partial charge in [0.2, 0.25) is 0 Å². The van der Waals surface area contributed by atoms with E-state index in [1.807, 2.05) is 12.2 Å². The smallest absolute Gasteiger partial charge is 0.462 e. The van der Waals surface area contributed by atoms with E-state index in [4.69, 9.17) is 14.0 Å². The standard InChI is InChI=1S/C44H71O8P/c1-4-6-8-10-12-14-16-18-20-21-22-23-25-27-29-31-33-35-37-39-44(46)52-42(41-51-53(47,48)49-3)40-50-43(45)38-36-34-32-30-28-26-24-19-17-15-13-11-9-7-5-2/h6,8,12-15,18-20,22-24,27,29,33,35,42H,4-5,7,9-11,16-17,21,25-26,28,30-32,34,36-41H2,1-3H3,(H,47,48)/b8-6-,14-12-,15-13-,20-18-,23-22-,24-19-,29-27-,35-33-. The average Bonchev–Trinajstić information content (AvgIpc) is 3.15. The predicted molar refractivity (Wildman–Crippen MR) is 220 cm³/mol. The molecule has 9 heteroatoms. The number of esters is 2. The number of hydrogen-bond donors (Lipinski definition) is 1. The van der Waals surface area contributed by atoms with E-state index in [-0.39, 0.29) is 19.4 Å². The Labute approximate surface area is 322 Å². The van der Waals surface area contributed by atoms with Crippen molar-refractivity contribution >= 4 is 19.8 Å². The molecule has 0 saturated carbocycles. The molecule has 0 bridgehead atoms. The molecule has 2 atom stereocenters. The van der Waals surface area contributed by atoms with E-state index in [9.17, 15) is 19.0 Å². The highest BCUT2D eigenvalue weighted by Crippen LogP contribution is 2.42. The van der Waals surface area contributed by atoms with Crippen molar-refractivity contribution < 1.29 is 37.6 Å². The van der Waals surface area contributed by atoms with Crippen LogP contribution in [0, 0.1) is 0 Å². The number of unbranched alkanes of at least 4 members (excludes halogenated alkanes) is 8. The monoisotopic (exact) mass is 758 g/mol. The third-order valence-corrected chi connectivity index (χ3v) is 8.76. The highest BCUT2D eigenvalue weighted by Gasteiger charge is 2.24. The van der Waals surface area contributed by atoms with E-state index in [1.165, 1.54) is 25.7 Å². The Bertz CT molecular complexity index is 1180. The topological polar surface area (TPSA) is 108 Å². The van der Waals surface area contributed by atoms with E-state index in [0.717, 1.165) is 84.2 Å². The summed E-state index contributed by atoms with van der Waals surface area (Å²) in [4.78, 5) is 34.4. The van der Waals surface area contributed by atoms with Crippen molar-refractivity contribution in [3.63, 3.8) is 0 Å². The third-order valence-electron chi connectivity index (χ3n) is 7.83. The molecule has 300 valence electrons. The van der Waals surface area contributed by atoms with Gasteiger partial charge in [-0.3, -0.25) is 18.6 Å². The molecule has 0 saturated heterocycles. The lowest BCUT2D eigenvalue weighted by molar-refractivity contribution is -0.161. The van der Waals surface area contributed by atoms with Gasteiger partial charge in [0.05, 0.1) is 6.61 Å². The maximum atomic E-state index is 12.4. The Morgan fingerprint density at radius 1 is 0.547 bits per heavy atom. The summed E-state index contributed by atoms with van der Waals surface area (Å²) < 4.78 is 31.8. The van der Waals surface area contributed by atoms with Crippen molar-refractivity contribution in [1.29, 1.82) is 0 Å². The van der Waals surface area contributed by atoms with Gasteiger partial charge in [-0.1, -0.05) is 143 Å². The zero-order valence-corrected chi connectivity index (χ0v) is 34.0. The number of carbonyl (C=O) groups excluding carboxylic acids is 2. The van der Waals surface area contributed by atoms with Crippen LogP contribution in [0.1, 0.15) is 142 Å². The molecule has 8 nitrogen and oxygen atoms in total. The fraction of sp³-hybridized carbons (Fsp3) is 0.591. The fourth-order valence-electron chi connectivity index (χ4n) is 4.77. The molecule has 0 rings (SSSR count). The maximum Gasteiger partial charge on any atom is 0.472 e. The van der Waals surface area contributed by atoms with Gasteiger partial charge in [0.1, 0.15) is 6.61 Å². The van der Waals surface area contributed by atoms with Gasteiger partial charge in [-0.15, -0.1) is 0 Å². The van der Waals surface area contributed by atoms with Crippen molar-refractivity contribution in [2.24, 2.45) is 0 Å². The van der Waals surface area contributed by atoms with E-state index in [1.54, 1.807) is 0 Å². The number of allylic oxidation sites excluding steroid dienone is 16. The second-order valence-electron chi connectivity index (χ2n) is 12.7. The summed E-state index contributed by atoms with van der Waals surface area (Å²) in [6.45, 7) is 3.65. The summed E-state index contributed by atoms with van der Waals surface area (Å²) in [6, 6.07) is 0. The molecular weight excluding hydrogens is 687 g/mol. The van der Waals surface area contributed by atoms with Crippen LogP contribution in [0.3, 0.4) is 0 Å². The van der Waals surface area contributed by atoms with Crippen LogP contribution in [0.4, 0.5) is 0 Å². The van der Waals surface area contributed by atoms with E-state index < -0.39 is 32.5 Å². The summed E-state index contributed by atoms with van der Waals surface area (Å²) in [5, 5.41) is 0. The van der Waals surface area contributed by atoms with Gasteiger partial charge < -0.3 is 14.4 Å². The van der Waals surface area contributed by atoms with Crippen molar-refractivity contribution in [3.8, 4) is 0 Å². The van der Waals surface area contributed by atoms with Crippen LogP contribution in [-0.4, -0.2) is 43.3 Å². The lowest BCUT2D eigenvalue weighted by Crippen LogP contribution is -2.29. The maximum absolute atomic E-state index is 12.4. The second-order valence-corrected chi connectivity index (χ2v) is 14.2.